The molecule has 0 N–H and O–H groups in total. The van der Waals surface area contributed by atoms with Gasteiger partial charge in [-0.1, -0.05) is 15.9 Å². The maximum atomic E-state index is 9.19. The van der Waals surface area contributed by atoms with Crippen LogP contribution in [-0.2, 0) is 12.8 Å². The standard InChI is InChI=1S/C15H11BrN2O/c16-12-4-6-13(7-5-12)19-15-11(9-17)8-10-2-1-3-14(10)18-15/h4-8H,1-3H2. The van der Waals surface area contributed by atoms with Crippen LogP contribution in [0.4, 0.5) is 0 Å². The first-order valence-corrected chi connectivity index (χ1v) is 6.92. The molecule has 0 fully saturated rings. The van der Waals surface area contributed by atoms with Crippen molar-refractivity contribution in [2.45, 2.75) is 19.3 Å². The molecule has 2 aromatic rings. The minimum Gasteiger partial charge on any atom is -0.438 e. The average Bonchev–Trinajstić information content (AvgIpc) is 2.87. The molecular weight excluding hydrogens is 304 g/mol. The molecule has 1 aromatic carbocycles. The smallest absolute Gasteiger partial charge is 0.237 e. The second-order valence-corrected chi connectivity index (χ2v) is 5.38. The van der Waals surface area contributed by atoms with Gasteiger partial charge in [0, 0.05) is 10.2 Å². The van der Waals surface area contributed by atoms with Gasteiger partial charge in [-0.05, 0) is 55.2 Å². The van der Waals surface area contributed by atoms with Crippen molar-refractivity contribution in [1.29, 1.82) is 5.26 Å². The van der Waals surface area contributed by atoms with Gasteiger partial charge in [-0.25, -0.2) is 4.98 Å². The lowest BCUT2D eigenvalue weighted by Gasteiger charge is -2.08. The number of rotatable bonds is 2. The molecule has 0 bridgehead atoms. The molecule has 1 aromatic heterocycles. The zero-order valence-electron chi connectivity index (χ0n) is 10.2. The lowest BCUT2D eigenvalue weighted by Crippen LogP contribution is -1.97. The zero-order chi connectivity index (χ0) is 13.2. The summed E-state index contributed by atoms with van der Waals surface area (Å²) in [6.45, 7) is 0. The fourth-order valence-corrected chi connectivity index (χ4v) is 2.49. The summed E-state index contributed by atoms with van der Waals surface area (Å²) < 4.78 is 6.71. The van der Waals surface area contributed by atoms with Crippen LogP contribution >= 0.6 is 15.9 Å². The summed E-state index contributed by atoms with van der Waals surface area (Å²) in [5, 5.41) is 9.19. The van der Waals surface area contributed by atoms with Crippen molar-refractivity contribution < 1.29 is 4.74 Å². The number of halogens is 1. The molecule has 0 saturated heterocycles. The molecule has 0 spiro atoms. The van der Waals surface area contributed by atoms with E-state index in [1.807, 2.05) is 30.3 Å². The molecule has 3 rings (SSSR count). The van der Waals surface area contributed by atoms with Crippen LogP contribution in [0.25, 0.3) is 0 Å². The van der Waals surface area contributed by atoms with Gasteiger partial charge in [-0.3, -0.25) is 0 Å². The molecule has 94 valence electrons. The van der Waals surface area contributed by atoms with Crippen molar-refractivity contribution in [1.82, 2.24) is 4.98 Å². The third-order valence-corrected chi connectivity index (χ3v) is 3.69. The molecule has 0 unspecified atom stereocenters. The van der Waals surface area contributed by atoms with E-state index < -0.39 is 0 Å². The maximum absolute atomic E-state index is 9.19. The third-order valence-electron chi connectivity index (χ3n) is 3.16. The average molecular weight is 315 g/mol. The van der Waals surface area contributed by atoms with Crippen LogP contribution in [0.2, 0.25) is 0 Å². The quantitative estimate of drug-likeness (QED) is 0.841. The molecule has 3 nitrogen and oxygen atoms in total. The number of fused-ring (bicyclic) bond motifs is 1. The molecule has 0 radical (unpaired) electrons. The van der Waals surface area contributed by atoms with Crippen LogP contribution in [0, 0.1) is 11.3 Å². The highest BCUT2D eigenvalue weighted by molar-refractivity contribution is 9.10. The van der Waals surface area contributed by atoms with Crippen LogP contribution in [0.5, 0.6) is 11.6 Å². The molecule has 4 heteroatoms. The fraction of sp³-hybridized carbons (Fsp3) is 0.200. The van der Waals surface area contributed by atoms with Crippen LogP contribution < -0.4 is 4.74 Å². The number of aromatic nitrogens is 1. The van der Waals surface area contributed by atoms with Crippen LogP contribution in [-0.4, -0.2) is 4.98 Å². The summed E-state index contributed by atoms with van der Waals surface area (Å²) >= 11 is 3.38. The Bertz CT molecular complexity index is 659. The van der Waals surface area contributed by atoms with Gasteiger partial charge in [0.25, 0.3) is 0 Å². The van der Waals surface area contributed by atoms with Crippen LogP contribution in [0.3, 0.4) is 0 Å². The maximum Gasteiger partial charge on any atom is 0.237 e. The van der Waals surface area contributed by atoms with E-state index in [-0.39, 0.29) is 0 Å². The van der Waals surface area contributed by atoms with Gasteiger partial charge >= 0.3 is 0 Å². The van der Waals surface area contributed by atoms with E-state index in [0.717, 1.165) is 29.4 Å². The predicted octanol–water partition coefficient (Wildman–Crippen LogP) is 4.00. The Labute approximate surface area is 120 Å². The molecule has 0 aliphatic heterocycles. The number of hydrogen-bond acceptors (Lipinski definition) is 3. The molecule has 0 saturated carbocycles. The van der Waals surface area contributed by atoms with E-state index in [2.05, 4.69) is 27.0 Å². The molecule has 19 heavy (non-hydrogen) atoms. The Morgan fingerprint density at radius 2 is 2.00 bits per heavy atom. The van der Waals surface area contributed by atoms with Gasteiger partial charge in [-0.2, -0.15) is 5.26 Å². The topological polar surface area (TPSA) is 45.9 Å². The third kappa shape index (κ3) is 2.47. The largest absolute Gasteiger partial charge is 0.438 e. The number of pyridine rings is 1. The van der Waals surface area contributed by atoms with Gasteiger partial charge in [0.2, 0.25) is 5.88 Å². The number of nitrogens with zero attached hydrogens (tertiary/aromatic N) is 2. The Morgan fingerprint density at radius 3 is 2.74 bits per heavy atom. The normalized spacial score (nSPS) is 12.8. The van der Waals surface area contributed by atoms with Gasteiger partial charge in [-0.15, -0.1) is 0 Å². The molecular formula is C15H11BrN2O. The van der Waals surface area contributed by atoms with Crippen molar-refractivity contribution >= 4 is 15.9 Å². The van der Waals surface area contributed by atoms with E-state index in [1.165, 1.54) is 5.56 Å². The van der Waals surface area contributed by atoms with Crippen molar-refractivity contribution in [3.8, 4) is 17.7 Å². The minimum atomic E-state index is 0.408. The first-order chi connectivity index (χ1) is 9.26. The number of ether oxygens (including phenoxy) is 1. The fourth-order valence-electron chi connectivity index (χ4n) is 2.23. The van der Waals surface area contributed by atoms with Gasteiger partial charge in [0.15, 0.2) is 0 Å². The second-order valence-electron chi connectivity index (χ2n) is 4.47. The number of hydrogen-bond donors (Lipinski definition) is 0. The highest BCUT2D eigenvalue weighted by atomic mass is 79.9. The zero-order valence-corrected chi connectivity index (χ0v) is 11.8. The van der Waals surface area contributed by atoms with E-state index in [0.29, 0.717) is 17.2 Å². The molecule has 1 aliphatic carbocycles. The van der Waals surface area contributed by atoms with Crippen molar-refractivity contribution in [3.63, 3.8) is 0 Å². The summed E-state index contributed by atoms with van der Waals surface area (Å²) in [5.41, 5.74) is 2.74. The van der Waals surface area contributed by atoms with Crippen LogP contribution in [0.15, 0.2) is 34.8 Å². The Hall–Kier alpha value is -1.86. The van der Waals surface area contributed by atoms with Crippen LogP contribution in [0.1, 0.15) is 23.2 Å². The first-order valence-electron chi connectivity index (χ1n) is 6.12. The Balaban J connectivity index is 1.96. The lowest BCUT2D eigenvalue weighted by molar-refractivity contribution is 0.459. The molecule has 1 heterocycles. The second kappa shape index (κ2) is 5.02. The van der Waals surface area contributed by atoms with E-state index in [1.54, 1.807) is 0 Å². The number of aryl methyl sites for hydroxylation is 2. The molecule has 1 aliphatic rings. The monoisotopic (exact) mass is 314 g/mol. The number of benzene rings is 1. The van der Waals surface area contributed by atoms with E-state index in [9.17, 15) is 5.26 Å². The van der Waals surface area contributed by atoms with Gasteiger partial charge < -0.3 is 4.74 Å². The first kappa shape index (κ1) is 12.2. The lowest BCUT2D eigenvalue weighted by atomic mass is 10.1. The van der Waals surface area contributed by atoms with E-state index >= 15 is 0 Å². The van der Waals surface area contributed by atoms with Gasteiger partial charge in [0.1, 0.15) is 17.4 Å². The summed E-state index contributed by atoms with van der Waals surface area (Å²) in [5.74, 6) is 1.09. The predicted molar refractivity (Wildman–Crippen MR) is 75.2 cm³/mol. The number of nitriles is 1. The molecule has 0 atom stereocenters. The molecule has 0 amide bonds. The summed E-state index contributed by atoms with van der Waals surface area (Å²) in [6.07, 6.45) is 3.09. The SMILES string of the molecule is N#Cc1cc2c(nc1Oc1ccc(Br)cc1)CCC2. The van der Waals surface area contributed by atoms with Crippen molar-refractivity contribution in [3.05, 3.63) is 51.6 Å². The highest BCUT2D eigenvalue weighted by Crippen LogP contribution is 2.29. The summed E-state index contributed by atoms with van der Waals surface area (Å²) in [6, 6.07) is 11.6. The van der Waals surface area contributed by atoms with E-state index in [4.69, 9.17) is 4.74 Å². The van der Waals surface area contributed by atoms with Crippen molar-refractivity contribution in [2.24, 2.45) is 0 Å². The summed E-state index contributed by atoms with van der Waals surface area (Å²) in [7, 11) is 0. The van der Waals surface area contributed by atoms with Gasteiger partial charge in [0.05, 0.1) is 0 Å². The van der Waals surface area contributed by atoms with Crippen molar-refractivity contribution in [2.75, 3.05) is 0 Å². The summed E-state index contributed by atoms with van der Waals surface area (Å²) in [4.78, 5) is 4.49. The Kier molecular flexibility index (Phi) is 3.22. The highest BCUT2D eigenvalue weighted by Gasteiger charge is 2.17. The minimum absolute atomic E-state index is 0.408. The Morgan fingerprint density at radius 1 is 1.21 bits per heavy atom.